The smallest absolute Gasteiger partial charge is 0.337 e. The SMILES string of the molecule is CCC(C)NC(=O)CSc1nc2cc(C(=O)OC)ccc2c(=O)n1CCc1ccccc1. The van der Waals surface area contributed by atoms with Gasteiger partial charge in [-0.2, -0.15) is 0 Å². The maximum atomic E-state index is 13.3. The van der Waals surface area contributed by atoms with Crippen molar-refractivity contribution in [1.29, 1.82) is 0 Å². The molecular formula is C24H27N3O4S. The van der Waals surface area contributed by atoms with Crippen LogP contribution in [0.1, 0.15) is 36.2 Å². The quantitative estimate of drug-likeness (QED) is 0.303. The molecule has 1 unspecified atom stereocenters. The van der Waals surface area contributed by atoms with Crippen molar-refractivity contribution in [2.45, 2.75) is 44.4 Å². The Bertz CT molecular complexity index is 1160. The zero-order chi connectivity index (χ0) is 23.1. The summed E-state index contributed by atoms with van der Waals surface area (Å²) < 4.78 is 6.38. The maximum absolute atomic E-state index is 13.3. The molecule has 0 fully saturated rings. The molecule has 0 radical (unpaired) electrons. The first-order chi connectivity index (χ1) is 15.4. The molecule has 1 amide bonds. The Morgan fingerprint density at radius 2 is 1.94 bits per heavy atom. The van der Waals surface area contributed by atoms with Gasteiger partial charge in [0.05, 0.1) is 29.3 Å². The lowest BCUT2D eigenvalue weighted by Crippen LogP contribution is -2.33. The van der Waals surface area contributed by atoms with Gasteiger partial charge in [0, 0.05) is 12.6 Å². The zero-order valence-electron chi connectivity index (χ0n) is 18.5. The van der Waals surface area contributed by atoms with Crippen LogP contribution in [0.15, 0.2) is 58.5 Å². The molecule has 3 rings (SSSR count). The minimum absolute atomic E-state index is 0.0792. The predicted octanol–water partition coefficient (Wildman–Crippen LogP) is 3.43. The van der Waals surface area contributed by atoms with Gasteiger partial charge in [0.25, 0.3) is 5.56 Å². The Labute approximate surface area is 191 Å². The molecule has 0 aliphatic rings. The average molecular weight is 454 g/mol. The van der Waals surface area contributed by atoms with Gasteiger partial charge in [0.15, 0.2) is 5.16 Å². The van der Waals surface area contributed by atoms with Crippen molar-refractivity contribution in [2.75, 3.05) is 12.9 Å². The molecule has 0 aliphatic carbocycles. The van der Waals surface area contributed by atoms with E-state index in [1.54, 1.807) is 22.8 Å². The molecule has 32 heavy (non-hydrogen) atoms. The summed E-state index contributed by atoms with van der Waals surface area (Å²) in [5, 5.41) is 3.78. The highest BCUT2D eigenvalue weighted by atomic mass is 32.2. The number of aromatic nitrogens is 2. The first-order valence-corrected chi connectivity index (χ1v) is 11.5. The first kappa shape index (κ1) is 23.5. The normalized spacial score (nSPS) is 11.8. The number of hydrogen-bond acceptors (Lipinski definition) is 6. The Balaban J connectivity index is 1.95. The van der Waals surface area contributed by atoms with Crippen molar-refractivity contribution in [1.82, 2.24) is 14.9 Å². The van der Waals surface area contributed by atoms with Gasteiger partial charge in [-0.3, -0.25) is 14.2 Å². The van der Waals surface area contributed by atoms with Crippen LogP contribution in [0, 0.1) is 0 Å². The van der Waals surface area contributed by atoms with Crippen LogP contribution in [-0.2, 0) is 22.5 Å². The van der Waals surface area contributed by atoms with Gasteiger partial charge in [0.1, 0.15) is 0 Å². The van der Waals surface area contributed by atoms with E-state index in [1.165, 1.54) is 18.9 Å². The summed E-state index contributed by atoms with van der Waals surface area (Å²) in [6, 6.07) is 14.7. The summed E-state index contributed by atoms with van der Waals surface area (Å²) in [4.78, 5) is 42.1. The summed E-state index contributed by atoms with van der Waals surface area (Å²) >= 11 is 1.22. The Kier molecular flexibility index (Phi) is 8.05. The van der Waals surface area contributed by atoms with Crippen molar-refractivity contribution in [3.8, 4) is 0 Å². The highest BCUT2D eigenvalue weighted by molar-refractivity contribution is 7.99. The average Bonchev–Trinajstić information content (AvgIpc) is 2.81. The lowest BCUT2D eigenvalue weighted by Gasteiger charge is -2.15. The van der Waals surface area contributed by atoms with Gasteiger partial charge >= 0.3 is 5.97 Å². The molecule has 0 aliphatic heterocycles. The second-order valence-electron chi connectivity index (χ2n) is 7.48. The molecule has 1 aromatic heterocycles. The number of methoxy groups -OCH3 is 1. The second kappa shape index (κ2) is 10.9. The maximum Gasteiger partial charge on any atom is 0.337 e. The van der Waals surface area contributed by atoms with Gasteiger partial charge < -0.3 is 10.1 Å². The van der Waals surface area contributed by atoms with Gasteiger partial charge in [-0.05, 0) is 43.5 Å². The van der Waals surface area contributed by atoms with E-state index in [9.17, 15) is 14.4 Å². The van der Waals surface area contributed by atoms with Gasteiger partial charge in [-0.1, -0.05) is 49.0 Å². The van der Waals surface area contributed by atoms with E-state index >= 15 is 0 Å². The predicted molar refractivity (Wildman–Crippen MR) is 126 cm³/mol. The lowest BCUT2D eigenvalue weighted by molar-refractivity contribution is -0.119. The van der Waals surface area contributed by atoms with E-state index < -0.39 is 5.97 Å². The minimum atomic E-state index is -0.496. The number of thioether (sulfide) groups is 1. The molecule has 7 nitrogen and oxygen atoms in total. The van der Waals surface area contributed by atoms with Crippen LogP contribution >= 0.6 is 11.8 Å². The summed E-state index contributed by atoms with van der Waals surface area (Å²) in [7, 11) is 1.30. The fraction of sp³-hybridized carbons (Fsp3) is 0.333. The van der Waals surface area contributed by atoms with Gasteiger partial charge in [0.2, 0.25) is 5.91 Å². The van der Waals surface area contributed by atoms with Gasteiger partial charge in [-0.25, -0.2) is 9.78 Å². The topological polar surface area (TPSA) is 90.3 Å². The molecule has 2 aromatic carbocycles. The van der Waals surface area contributed by atoms with Gasteiger partial charge in [-0.15, -0.1) is 0 Å². The monoisotopic (exact) mass is 453 g/mol. The third-order valence-corrected chi connectivity index (χ3v) is 6.14. The van der Waals surface area contributed by atoms with E-state index in [1.807, 2.05) is 44.2 Å². The van der Waals surface area contributed by atoms with Crippen LogP contribution in [0.4, 0.5) is 0 Å². The summed E-state index contributed by atoms with van der Waals surface area (Å²) in [6.07, 6.45) is 1.49. The van der Waals surface area contributed by atoms with Crippen LogP contribution in [0.25, 0.3) is 10.9 Å². The van der Waals surface area contributed by atoms with E-state index in [-0.39, 0.29) is 23.3 Å². The zero-order valence-corrected chi connectivity index (χ0v) is 19.3. The molecule has 1 N–H and O–H groups in total. The fourth-order valence-corrected chi connectivity index (χ4v) is 4.02. The number of carbonyl (C=O) groups is 2. The molecule has 1 heterocycles. The molecule has 0 spiro atoms. The van der Waals surface area contributed by atoms with Crippen LogP contribution in [0.3, 0.4) is 0 Å². The summed E-state index contributed by atoms with van der Waals surface area (Å²) in [6.45, 7) is 4.38. The molecule has 0 saturated heterocycles. The molecule has 3 aromatic rings. The number of rotatable bonds is 9. The lowest BCUT2D eigenvalue weighted by atomic mass is 10.1. The van der Waals surface area contributed by atoms with E-state index in [0.29, 0.717) is 34.6 Å². The number of ether oxygens (including phenoxy) is 1. The number of amides is 1. The largest absolute Gasteiger partial charge is 0.465 e. The number of nitrogens with one attached hydrogen (secondary N) is 1. The first-order valence-electron chi connectivity index (χ1n) is 10.5. The van der Waals surface area contributed by atoms with Crippen molar-refractivity contribution in [3.63, 3.8) is 0 Å². The number of fused-ring (bicyclic) bond motifs is 1. The fourth-order valence-electron chi connectivity index (χ4n) is 3.19. The van der Waals surface area contributed by atoms with Crippen molar-refractivity contribution >= 4 is 34.5 Å². The van der Waals surface area contributed by atoms with Crippen molar-refractivity contribution < 1.29 is 14.3 Å². The third-order valence-electron chi connectivity index (χ3n) is 5.16. The number of carbonyl (C=O) groups excluding carboxylic acids is 2. The number of hydrogen-bond donors (Lipinski definition) is 1. The molecule has 1 atom stereocenters. The van der Waals surface area contributed by atoms with E-state index in [0.717, 1.165) is 12.0 Å². The molecule has 0 bridgehead atoms. The standard InChI is InChI=1S/C24H27N3O4S/c1-4-16(2)25-21(28)15-32-24-26-20-14-18(23(30)31-3)10-11-19(20)22(29)27(24)13-12-17-8-6-5-7-9-17/h5-11,14,16H,4,12-13,15H2,1-3H3,(H,25,28). The Morgan fingerprint density at radius 1 is 1.19 bits per heavy atom. The van der Waals surface area contributed by atoms with Crippen LogP contribution in [0.5, 0.6) is 0 Å². The second-order valence-corrected chi connectivity index (χ2v) is 8.42. The number of nitrogens with zero attached hydrogens (tertiary/aromatic N) is 2. The summed E-state index contributed by atoms with van der Waals surface area (Å²) in [5.41, 5.74) is 1.62. The molecule has 0 saturated carbocycles. The van der Waals surface area contributed by atoms with E-state index in [2.05, 4.69) is 10.3 Å². The van der Waals surface area contributed by atoms with Crippen LogP contribution in [0.2, 0.25) is 0 Å². The number of esters is 1. The Morgan fingerprint density at radius 3 is 2.62 bits per heavy atom. The van der Waals surface area contributed by atoms with Crippen LogP contribution < -0.4 is 10.9 Å². The summed E-state index contributed by atoms with van der Waals surface area (Å²) in [5.74, 6) is -0.467. The highest BCUT2D eigenvalue weighted by Gasteiger charge is 2.16. The van der Waals surface area contributed by atoms with E-state index in [4.69, 9.17) is 4.74 Å². The number of benzene rings is 2. The highest BCUT2D eigenvalue weighted by Crippen LogP contribution is 2.20. The molecule has 168 valence electrons. The third kappa shape index (κ3) is 5.76. The minimum Gasteiger partial charge on any atom is -0.465 e. The molecule has 8 heteroatoms. The van der Waals surface area contributed by atoms with Crippen molar-refractivity contribution in [2.24, 2.45) is 0 Å². The Hall–Kier alpha value is -3.13. The number of aryl methyl sites for hydroxylation is 1. The molecular weight excluding hydrogens is 426 g/mol. The van der Waals surface area contributed by atoms with Crippen molar-refractivity contribution in [3.05, 3.63) is 70.0 Å². The van der Waals surface area contributed by atoms with Crippen LogP contribution in [-0.4, -0.2) is 40.3 Å².